The molecule has 0 aromatic heterocycles. The van der Waals surface area contributed by atoms with Crippen LogP contribution in [0.5, 0.6) is 5.75 Å². The maximum absolute atomic E-state index is 9.60. The van der Waals surface area contributed by atoms with Crippen molar-refractivity contribution in [1.82, 2.24) is 0 Å². The Morgan fingerprint density at radius 3 is 2.50 bits per heavy atom. The van der Waals surface area contributed by atoms with Gasteiger partial charge < -0.3 is 9.84 Å². The Morgan fingerprint density at radius 1 is 1.31 bits per heavy atom. The maximum Gasteiger partial charge on any atom is 0.119 e. The van der Waals surface area contributed by atoms with E-state index in [1.54, 1.807) is 0 Å². The predicted molar refractivity (Wildman–Crippen MR) is 69.7 cm³/mol. The highest BCUT2D eigenvalue weighted by molar-refractivity contribution is 9.10. The molecule has 2 atom stereocenters. The standard InChI is InChI=1S/C13H19BrO2/c1-3-13(15)10(2)8-9-16-12-6-4-11(14)5-7-12/h4-7,10,13,15H,3,8-9H2,1-2H3. The molecule has 0 heterocycles. The zero-order chi connectivity index (χ0) is 12.0. The molecule has 1 aromatic carbocycles. The Balaban J connectivity index is 2.27. The van der Waals surface area contributed by atoms with Crippen molar-refractivity contribution in [3.63, 3.8) is 0 Å². The summed E-state index contributed by atoms with van der Waals surface area (Å²) in [6.45, 7) is 4.70. The summed E-state index contributed by atoms with van der Waals surface area (Å²) in [5, 5.41) is 9.60. The molecule has 2 nitrogen and oxygen atoms in total. The number of ether oxygens (including phenoxy) is 1. The molecule has 0 aliphatic rings. The molecule has 0 saturated heterocycles. The number of benzene rings is 1. The lowest BCUT2D eigenvalue weighted by Crippen LogP contribution is -2.18. The lowest BCUT2D eigenvalue weighted by Gasteiger charge is -2.17. The average molecular weight is 287 g/mol. The predicted octanol–water partition coefficient (Wildman–Crippen LogP) is 3.63. The second-order valence-corrected chi connectivity index (χ2v) is 4.96. The molecule has 0 saturated carbocycles. The topological polar surface area (TPSA) is 29.5 Å². The van der Waals surface area contributed by atoms with Gasteiger partial charge in [-0.05, 0) is 43.0 Å². The molecule has 0 radical (unpaired) electrons. The number of halogens is 1. The van der Waals surface area contributed by atoms with Gasteiger partial charge in [0.25, 0.3) is 0 Å². The van der Waals surface area contributed by atoms with E-state index in [0.717, 1.165) is 23.1 Å². The summed E-state index contributed by atoms with van der Waals surface area (Å²) >= 11 is 3.38. The van der Waals surface area contributed by atoms with Gasteiger partial charge in [0, 0.05) is 4.47 Å². The van der Waals surface area contributed by atoms with Gasteiger partial charge in [-0.15, -0.1) is 0 Å². The van der Waals surface area contributed by atoms with Gasteiger partial charge in [-0.3, -0.25) is 0 Å². The van der Waals surface area contributed by atoms with Gasteiger partial charge in [0.15, 0.2) is 0 Å². The highest BCUT2D eigenvalue weighted by Gasteiger charge is 2.11. The first kappa shape index (κ1) is 13.5. The SMILES string of the molecule is CCC(O)C(C)CCOc1ccc(Br)cc1. The van der Waals surface area contributed by atoms with E-state index in [-0.39, 0.29) is 6.10 Å². The minimum atomic E-state index is -0.214. The first-order valence-electron chi connectivity index (χ1n) is 5.70. The van der Waals surface area contributed by atoms with E-state index in [9.17, 15) is 5.11 Å². The van der Waals surface area contributed by atoms with Crippen LogP contribution in [0.1, 0.15) is 26.7 Å². The zero-order valence-corrected chi connectivity index (χ0v) is 11.4. The third-order valence-electron chi connectivity index (χ3n) is 2.73. The third-order valence-corrected chi connectivity index (χ3v) is 3.26. The van der Waals surface area contributed by atoms with Crippen LogP contribution in [0.2, 0.25) is 0 Å². The van der Waals surface area contributed by atoms with Crippen LogP contribution in [0, 0.1) is 5.92 Å². The minimum absolute atomic E-state index is 0.214. The fourth-order valence-electron chi connectivity index (χ4n) is 1.49. The Morgan fingerprint density at radius 2 is 1.94 bits per heavy atom. The number of aliphatic hydroxyl groups excluding tert-OH is 1. The van der Waals surface area contributed by atoms with Gasteiger partial charge in [-0.25, -0.2) is 0 Å². The largest absolute Gasteiger partial charge is 0.494 e. The van der Waals surface area contributed by atoms with Crippen molar-refractivity contribution >= 4 is 15.9 Å². The van der Waals surface area contributed by atoms with Crippen LogP contribution in [-0.4, -0.2) is 17.8 Å². The molecule has 2 unspecified atom stereocenters. The summed E-state index contributed by atoms with van der Waals surface area (Å²) in [5.41, 5.74) is 0. The van der Waals surface area contributed by atoms with Crippen LogP contribution in [0.3, 0.4) is 0 Å². The normalized spacial score (nSPS) is 14.5. The lowest BCUT2D eigenvalue weighted by molar-refractivity contribution is 0.0981. The van der Waals surface area contributed by atoms with Crippen LogP contribution < -0.4 is 4.74 Å². The van der Waals surface area contributed by atoms with Crippen molar-refractivity contribution < 1.29 is 9.84 Å². The molecule has 1 rings (SSSR count). The van der Waals surface area contributed by atoms with Crippen molar-refractivity contribution in [3.8, 4) is 5.75 Å². The van der Waals surface area contributed by atoms with Gasteiger partial charge >= 0.3 is 0 Å². The van der Waals surface area contributed by atoms with Crippen LogP contribution >= 0.6 is 15.9 Å². The molecule has 90 valence electrons. The minimum Gasteiger partial charge on any atom is -0.494 e. The Bertz CT molecular complexity index is 297. The highest BCUT2D eigenvalue weighted by atomic mass is 79.9. The maximum atomic E-state index is 9.60. The molecule has 0 aliphatic carbocycles. The zero-order valence-electron chi connectivity index (χ0n) is 9.82. The van der Waals surface area contributed by atoms with Crippen LogP contribution in [0.25, 0.3) is 0 Å². The Labute approximate surface area is 106 Å². The molecule has 1 aromatic rings. The van der Waals surface area contributed by atoms with Gasteiger partial charge in [0.1, 0.15) is 5.75 Å². The van der Waals surface area contributed by atoms with Gasteiger partial charge in [-0.1, -0.05) is 29.8 Å². The summed E-state index contributed by atoms with van der Waals surface area (Å²) in [7, 11) is 0. The number of hydrogen-bond acceptors (Lipinski definition) is 2. The molecule has 0 aliphatic heterocycles. The first-order chi connectivity index (χ1) is 7.63. The number of hydrogen-bond donors (Lipinski definition) is 1. The molecule has 0 fully saturated rings. The molecule has 16 heavy (non-hydrogen) atoms. The molecule has 0 bridgehead atoms. The molecule has 0 spiro atoms. The van der Waals surface area contributed by atoms with Crippen molar-refractivity contribution in [3.05, 3.63) is 28.7 Å². The number of aliphatic hydroxyl groups is 1. The summed E-state index contributed by atoms with van der Waals surface area (Å²) in [4.78, 5) is 0. The molecular weight excluding hydrogens is 268 g/mol. The van der Waals surface area contributed by atoms with Crippen molar-refractivity contribution in [1.29, 1.82) is 0 Å². The Hall–Kier alpha value is -0.540. The van der Waals surface area contributed by atoms with Gasteiger partial charge in [0.05, 0.1) is 12.7 Å². The monoisotopic (exact) mass is 286 g/mol. The second-order valence-electron chi connectivity index (χ2n) is 4.04. The van der Waals surface area contributed by atoms with E-state index in [1.165, 1.54) is 0 Å². The second kappa shape index (κ2) is 6.92. The molecule has 0 amide bonds. The van der Waals surface area contributed by atoms with E-state index in [1.807, 2.05) is 31.2 Å². The van der Waals surface area contributed by atoms with Gasteiger partial charge in [0.2, 0.25) is 0 Å². The van der Waals surface area contributed by atoms with E-state index in [2.05, 4.69) is 22.9 Å². The molecule has 1 N–H and O–H groups in total. The van der Waals surface area contributed by atoms with Crippen molar-refractivity contribution in [2.75, 3.05) is 6.61 Å². The lowest BCUT2D eigenvalue weighted by atomic mass is 10.00. The van der Waals surface area contributed by atoms with Crippen molar-refractivity contribution in [2.45, 2.75) is 32.8 Å². The summed E-state index contributed by atoms with van der Waals surface area (Å²) in [6.07, 6.45) is 1.47. The summed E-state index contributed by atoms with van der Waals surface area (Å²) < 4.78 is 6.64. The fourth-order valence-corrected chi connectivity index (χ4v) is 1.75. The van der Waals surface area contributed by atoms with Gasteiger partial charge in [-0.2, -0.15) is 0 Å². The van der Waals surface area contributed by atoms with E-state index in [4.69, 9.17) is 4.74 Å². The third kappa shape index (κ3) is 4.54. The van der Waals surface area contributed by atoms with E-state index >= 15 is 0 Å². The van der Waals surface area contributed by atoms with E-state index < -0.39 is 0 Å². The summed E-state index contributed by atoms with van der Waals surface area (Å²) in [5.74, 6) is 1.17. The smallest absolute Gasteiger partial charge is 0.119 e. The average Bonchev–Trinajstić information content (AvgIpc) is 2.30. The molecular formula is C13H19BrO2. The highest BCUT2D eigenvalue weighted by Crippen LogP contribution is 2.17. The Kier molecular flexibility index (Phi) is 5.85. The van der Waals surface area contributed by atoms with Crippen molar-refractivity contribution in [2.24, 2.45) is 5.92 Å². The quantitative estimate of drug-likeness (QED) is 0.865. The van der Waals surface area contributed by atoms with Crippen LogP contribution in [0.15, 0.2) is 28.7 Å². The van der Waals surface area contributed by atoms with Crippen LogP contribution in [0.4, 0.5) is 0 Å². The summed E-state index contributed by atoms with van der Waals surface area (Å²) in [6, 6.07) is 7.79. The van der Waals surface area contributed by atoms with E-state index in [0.29, 0.717) is 12.5 Å². The first-order valence-corrected chi connectivity index (χ1v) is 6.49. The fraction of sp³-hybridized carbons (Fsp3) is 0.538. The number of rotatable bonds is 6. The molecule has 3 heteroatoms. The van der Waals surface area contributed by atoms with Crippen LogP contribution in [-0.2, 0) is 0 Å².